The first-order valence-electron chi connectivity index (χ1n) is 9.20. The minimum absolute atomic E-state index is 0.201. The van der Waals surface area contributed by atoms with Crippen LogP contribution in [0.25, 0.3) is 0 Å². The largest absolute Gasteiger partial charge is 0.497 e. The Kier molecular flexibility index (Phi) is 6.37. The van der Waals surface area contributed by atoms with Gasteiger partial charge < -0.3 is 10.1 Å². The molecule has 0 bridgehead atoms. The van der Waals surface area contributed by atoms with Gasteiger partial charge in [-0.05, 0) is 41.8 Å². The third-order valence-electron chi connectivity index (χ3n) is 4.91. The number of benzene rings is 2. The maximum absolute atomic E-state index is 13.0. The number of nitrogens with zero attached hydrogens (tertiary/aromatic N) is 1. The Morgan fingerprint density at radius 3 is 2.60 bits per heavy atom. The van der Waals surface area contributed by atoms with Crippen LogP contribution in [0.5, 0.6) is 5.75 Å². The molecule has 0 unspecified atom stereocenters. The summed E-state index contributed by atoms with van der Waals surface area (Å²) < 4.78 is 70.9. The Labute approximate surface area is 172 Å². The van der Waals surface area contributed by atoms with Crippen molar-refractivity contribution in [2.24, 2.45) is 0 Å². The molecule has 30 heavy (non-hydrogen) atoms. The van der Waals surface area contributed by atoms with Crippen molar-refractivity contribution in [2.75, 3.05) is 26.0 Å². The molecule has 0 fully saturated rings. The highest BCUT2D eigenvalue weighted by molar-refractivity contribution is 7.89. The molecule has 1 N–H and O–H groups in total. The third-order valence-corrected chi connectivity index (χ3v) is 6.73. The van der Waals surface area contributed by atoms with E-state index >= 15 is 0 Å². The number of hydrogen-bond donors (Lipinski definition) is 1. The lowest BCUT2D eigenvalue weighted by molar-refractivity contribution is -0.137. The summed E-state index contributed by atoms with van der Waals surface area (Å²) in [6.45, 7) is 0.194. The second-order valence-electron chi connectivity index (χ2n) is 6.83. The van der Waals surface area contributed by atoms with E-state index in [0.717, 1.165) is 23.3 Å². The van der Waals surface area contributed by atoms with Gasteiger partial charge in [0.05, 0.1) is 24.0 Å². The second kappa shape index (κ2) is 8.65. The number of alkyl halides is 3. The van der Waals surface area contributed by atoms with Crippen molar-refractivity contribution >= 4 is 15.9 Å². The van der Waals surface area contributed by atoms with Crippen LogP contribution in [-0.2, 0) is 29.2 Å². The maximum Gasteiger partial charge on any atom is 0.417 e. The second-order valence-corrected chi connectivity index (χ2v) is 8.92. The molecule has 3 rings (SSSR count). The summed E-state index contributed by atoms with van der Waals surface area (Å²) in [5, 5.41) is 2.28. The van der Waals surface area contributed by atoms with E-state index in [1.54, 1.807) is 13.2 Å². The van der Waals surface area contributed by atoms with Crippen molar-refractivity contribution in [3.05, 3.63) is 64.7 Å². The molecule has 0 aromatic heterocycles. The van der Waals surface area contributed by atoms with Gasteiger partial charge in [0.15, 0.2) is 0 Å². The molecule has 0 spiro atoms. The maximum atomic E-state index is 13.0. The van der Waals surface area contributed by atoms with E-state index in [1.807, 2.05) is 12.1 Å². The summed E-state index contributed by atoms with van der Waals surface area (Å²) >= 11 is 0. The van der Waals surface area contributed by atoms with Crippen molar-refractivity contribution in [1.82, 2.24) is 9.62 Å². The molecule has 1 aliphatic heterocycles. The number of carbonyl (C=O) groups excluding carboxylic acids is 1. The molecule has 162 valence electrons. The van der Waals surface area contributed by atoms with Gasteiger partial charge in [0, 0.05) is 19.6 Å². The van der Waals surface area contributed by atoms with Crippen LogP contribution < -0.4 is 10.1 Å². The average Bonchev–Trinajstić information content (AvgIpc) is 2.72. The lowest BCUT2D eigenvalue weighted by atomic mass is 10.0. The predicted molar refractivity (Wildman–Crippen MR) is 105 cm³/mol. The minimum Gasteiger partial charge on any atom is -0.497 e. The standard InChI is InChI=1S/C20H21F3N2O4S/c1-29-16-7-6-15-13-25(10-8-14(15)12-16)30(27,28)11-9-24-19(26)17-4-2-3-5-18(17)20(21,22)23/h2-7,12H,8-11,13H2,1H3,(H,24,26). The fourth-order valence-corrected chi connectivity index (χ4v) is 4.64. The van der Waals surface area contributed by atoms with Crippen LogP contribution >= 0.6 is 0 Å². The highest BCUT2D eigenvalue weighted by atomic mass is 32.2. The molecule has 2 aromatic carbocycles. The summed E-state index contributed by atoms with van der Waals surface area (Å²) in [5.41, 5.74) is 0.281. The summed E-state index contributed by atoms with van der Waals surface area (Å²) in [5.74, 6) is -0.667. The number of ether oxygens (including phenoxy) is 1. The van der Waals surface area contributed by atoms with Crippen LogP contribution in [0.1, 0.15) is 27.0 Å². The number of nitrogens with one attached hydrogen (secondary N) is 1. The number of rotatable bonds is 6. The van der Waals surface area contributed by atoms with Gasteiger partial charge in [-0.15, -0.1) is 0 Å². The van der Waals surface area contributed by atoms with Crippen LogP contribution in [-0.4, -0.2) is 44.6 Å². The number of fused-ring (bicyclic) bond motifs is 1. The van der Waals surface area contributed by atoms with Gasteiger partial charge >= 0.3 is 6.18 Å². The SMILES string of the molecule is COc1ccc2c(c1)CCN(S(=O)(=O)CCNC(=O)c1ccccc1C(F)(F)F)C2. The lowest BCUT2D eigenvalue weighted by Crippen LogP contribution is -2.40. The first-order chi connectivity index (χ1) is 14.1. The highest BCUT2D eigenvalue weighted by Crippen LogP contribution is 2.31. The third kappa shape index (κ3) is 4.93. The molecule has 0 aliphatic carbocycles. The van der Waals surface area contributed by atoms with E-state index < -0.39 is 39.0 Å². The Bertz CT molecular complexity index is 1040. The van der Waals surface area contributed by atoms with E-state index in [9.17, 15) is 26.4 Å². The number of sulfonamides is 1. The van der Waals surface area contributed by atoms with Crippen molar-refractivity contribution in [3.8, 4) is 5.75 Å². The summed E-state index contributed by atoms with van der Waals surface area (Å²) in [6, 6.07) is 9.82. The number of hydrogen-bond acceptors (Lipinski definition) is 4. The zero-order chi connectivity index (χ0) is 21.9. The first kappa shape index (κ1) is 22.1. The van der Waals surface area contributed by atoms with Gasteiger partial charge in [0.1, 0.15) is 5.75 Å². The van der Waals surface area contributed by atoms with Gasteiger partial charge in [-0.2, -0.15) is 17.5 Å². The highest BCUT2D eigenvalue weighted by Gasteiger charge is 2.35. The lowest BCUT2D eigenvalue weighted by Gasteiger charge is -2.28. The van der Waals surface area contributed by atoms with Gasteiger partial charge in [0.25, 0.3) is 5.91 Å². The van der Waals surface area contributed by atoms with E-state index in [1.165, 1.54) is 16.4 Å². The van der Waals surface area contributed by atoms with Crippen molar-refractivity contribution < 1.29 is 31.1 Å². The monoisotopic (exact) mass is 442 g/mol. The number of amides is 1. The fraction of sp³-hybridized carbons (Fsp3) is 0.350. The number of carbonyl (C=O) groups is 1. The summed E-state index contributed by atoms with van der Waals surface area (Å²) in [6.07, 6.45) is -4.15. The molecule has 0 radical (unpaired) electrons. The van der Waals surface area contributed by atoms with Gasteiger partial charge in [-0.3, -0.25) is 4.79 Å². The van der Waals surface area contributed by atoms with E-state index in [-0.39, 0.29) is 19.6 Å². The molecule has 10 heteroatoms. The molecular weight excluding hydrogens is 421 g/mol. The molecule has 1 amide bonds. The molecule has 0 atom stereocenters. The topological polar surface area (TPSA) is 75.7 Å². The number of halogens is 3. The van der Waals surface area contributed by atoms with Crippen LogP contribution in [0, 0.1) is 0 Å². The minimum atomic E-state index is -4.68. The molecule has 6 nitrogen and oxygen atoms in total. The van der Waals surface area contributed by atoms with Crippen LogP contribution in [0.2, 0.25) is 0 Å². The average molecular weight is 442 g/mol. The van der Waals surface area contributed by atoms with E-state index in [0.29, 0.717) is 12.2 Å². The predicted octanol–water partition coefficient (Wildman–Crippen LogP) is 2.83. The molecule has 0 saturated carbocycles. The van der Waals surface area contributed by atoms with Crippen LogP contribution in [0.15, 0.2) is 42.5 Å². The Morgan fingerprint density at radius 2 is 1.90 bits per heavy atom. The van der Waals surface area contributed by atoms with Gasteiger partial charge in [0.2, 0.25) is 10.0 Å². The van der Waals surface area contributed by atoms with Crippen molar-refractivity contribution in [2.45, 2.75) is 19.1 Å². The zero-order valence-corrected chi connectivity index (χ0v) is 17.0. The molecule has 0 saturated heterocycles. The summed E-state index contributed by atoms with van der Waals surface area (Å²) in [7, 11) is -2.13. The normalized spacial score (nSPS) is 14.8. The van der Waals surface area contributed by atoms with E-state index in [4.69, 9.17) is 4.74 Å². The summed E-state index contributed by atoms with van der Waals surface area (Å²) in [4.78, 5) is 12.2. The Hall–Kier alpha value is -2.59. The van der Waals surface area contributed by atoms with Gasteiger partial charge in [-0.25, -0.2) is 8.42 Å². The molecule has 1 heterocycles. The molecular formula is C20H21F3N2O4S. The number of methoxy groups -OCH3 is 1. The smallest absolute Gasteiger partial charge is 0.417 e. The molecule has 2 aromatic rings. The fourth-order valence-electron chi connectivity index (χ4n) is 3.31. The Morgan fingerprint density at radius 1 is 1.17 bits per heavy atom. The molecule has 1 aliphatic rings. The van der Waals surface area contributed by atoms with E-state index in [2.05, 4.69) is 5.32 Å². The van der Waals surface area contributed by atoms with Crippen molar-refractivity contribution in [1.29, 1.82) is 0 Å². The quantitative estimate of drug-likeness (QED) is 0.747. The van der Waals surface area contributed by atoms with Crippen LogP contribution in [0.4, 0.5) is 13.2 Å². The van der Waals surface area contributed by atoms with Crippen molar-refractivity contribution in [3.63, 3.8) is 0 Å². The zero-order valence-electron chi connectivity index (χ0n) is 16.2. The van der Waals surface area contributed by atoms with Crippen LogP contribution in [0.3, 0.4) is 0 Å². The van der Waals surface area contributed by atoms with Gasteiger partial charge in [-0.1, -0.05) is 18.2 Å². The first-order valence-corrected chi connectivity index (χ1v) is 10.8. The Balaban J connectivity index is 1.62.